The molecule has 0 spiro atoms. The number of aromatic nitrogens is 4. The average molecular weight is 896 g/mol. The number of methoxy groups -OCH3 is 2. The maximum atomic E-state index is 13.2. The lowest BCUT2D eigenvalue weighted by Gasteiger charge is -2.35. The van der Waals surface area contributed by atoms with Gasteiger partial charge in [0.15, 0.2) is 5.69 Å². The molecule has 0 aliphatic rings. The molecule has 0 aliphatic carbocycles. The van der Waals surface area contributed by atoms with Crippen molar-refractivity contribution in [3.63, 3.8) is 0 Å². The number of esters is 1. The number of nitrogens with zero attached hydrogens (tertiary/aromatic N) is 5. The molecule has 0 aliphatic heterocycles. The van der Waals surface area contributed by atoms with Gasteiger partial charge >= 0.3 is 5.97 Å². The molecule has 0 saturated heterocycles. The number of carbonyl (C=O) groups excluding carboxylic acids is 4. The Bertz CT molecular complexity index is 2380. The molecule has 19 heteroatoms. The van der Waals surface area contributed by atoms with Gasteiger partial charge in [-0.3, -0.25) is 29.8 Å². The molecule has 3 aromatic carbocycles. The summed E-state index contributed by atoms with van der Waals surface area (Å²) in [6, 6.07) is 10.9. The fourth-order valence-corrected chi connectivity index (χ4v) is 5.54. The van der Waals surface area contributed by atoms with Gasteiger partial charge in [-0.2, -0.15) is 8.78 Å². The first kappa shape index (κ1) is 51.3. The van der Waals surface area contributed by atoms with E-state index < -0.39 is 57.9 Å². The number of hydrogen-bond acceptors (Lipinski definition) is 11. The van der Waals surface area contributed by atoms with Crippen molar-refractivity contribution in [2.45, 2.75) is 73.8 Å². The molecule has 0 radical (unpaired) electrons. The molecule has 5 aromatic rings. The third kappa shape index (κ3) is 13.5. The normalized spacial score (nSPS) is 10.9. The first-order valence-electron chi connectivity index (χ1n) is 19.6. The van der Waals surface area contributed by atoms with Gasteiger partial charge in [-0.05, 0) is 63.3 Å². The molecule has 0 atom stereocenters. The van der Waals surface area contributed by atoms with Crippen LogP contribution in [-0.2, 0) is 12.8 Å². The Kier molecular flexibility index (Phi) is 18.3. The van der Waals surface area contributed by atoms with Crippen LogP contribution in [0.3, 0.4) is 0 Å². The van der Waals surface area contributed by atoms with Crippen LogP contribution < -0.4 is 25.0 Å². The number of hydrazine groups is 1. The van der Waals surface area contributed by atoms with Gasteiger partial charge in [-0.15, -0.1) is 0 Å². The maximum absolute atomic E-state index is 13.2. The number of hydrogen-bond donors (Lipinski definition) is 2. The highest BCUT2D eigenvalue weighted by Gasteiger charge is 2.32. The van der Waals surface area contributed by atoms with Crippen LogP contribution in [0.1, 0.15) is 108 Å². The second-order valence-corrected chi connectivity index (χ2v) is 15.6. The Morgan fingerprint density at radius 3 is 1.50 bits per heavy atom. The summed E-state index contributed by atoms with van der Waals surface area (Å²) in [5.41, 5.74) is 4.77. The van der Waals surface area contributed by atoms with E-state index in [0.717, 1.165) is 35.7 Å². The van der Waals surface area contributed by atoms with Gasteiger partial charge in [0, 0.05) is 53.6 Å². The highest BCUT2D eigenvalue weighted by atomic mass is 19.2. The molecule has 342 valence electrons. The molecule has 3 amide bonds. The Labute approximate surface area is 367 Å². The summed E-state index contributed by atoms with van der Waals surface area (Å²) in [5.74, 6) is -13.8. The molecule has 0 bridgehead atoms. The first-order chi connectivity index (χ1) is 30.1. The Morgan fingerprint density at radius 1 is 0.641 bits per heavy atom. The molecule has 14 nitrogen and oxygen atoms in total. The van der Waals surface area contributed by atoms with E-state index in [1.54, 1.807) is 26.4 Å². The Morgan fingerprint density at radius 2 is 1.09 bits per heavy atom. The summed E-state index contributed by atoms with van der Waals surface area (Å²) in [6.45, 7) is 16.4. The summed E-state index contributed by atoms with van der Waals surface area (Å²) >= 11 is 0. The lowest BCUT2D eigenvalue weighted by molar-refractivity contribution is 0.0353. The van der Waals surface area contributed by atoms with Crippen LogP contribution in [0.15, 0.2) is 73.6 Å². The number of amides is 3. The Balaban J connectivity index is 0.000000261. The van der Waals surface area contributed by atoms with Crippen LogP contribution in [0.2, 0.25) is 0 Å². The monoisotopic (exact) mass is 895 g/mol. The second-order valence-electron chi connectivity index (χ2n) is 15.6. The zero-order chi connectivity index (χ0) is 47.9. The molecular formula is C45H50F5N7O7. The van der Waals surface area contributed by atoms with Crippen molar-refractivity contribution in [1.82, 2.24) is 35.7 Å². The summed E-state index contributed by atoms with van der Waals surface area (Å²) in [6.07, 6.45) is 8.88. The smallest absolute Gasteiger partial charge is 0.364 e. The van der Waals surface area contributed by atoms with Crippen molar-refractivity contribution >= 4 is 23.7 Å². The van der Waals surface area contributed by atoms with Crippen LogP contribution >= 0.6 is 0 Å². The molecule has 0 saturated carbocycles. The van der Waals surface area contributed by atoms with Crippen LogP contribution in [-0.4, -0.2) is 74.9 Å². The van der Waals surface area contributed by atoms with Crippen LogP contribution in [0.5, 0.6) is 17.2 Å². The van der Waals surface area contributed by atoms with Gasteiger partial charge in [0.2, 0.25) is 34.8 Å². The molecule has 64 heavy (non-hydrogen) atoms. The van der Waals surface area contributed by atoms with Gasteiger partial charge in [-0.25, -0.2) is 32.9 Å². The molecule has 2 aromatic heterocycles. The highest BCUT2D eigenvalue weighted by molar-refractivity contribution is 6.00. The standard InChI is InChI=1S/C19H24N4O3.C15H23NO2.C11H3F5N2O2/c1-6-13-14(8-7-9-16(13)26-5)17(24)22-23(19(2,3)4)18(25)15-12-20-10-11-21-15;1-6-11-12(8-7-9-13(11)18-5)14(17)16-10-15(2,3)4;12-5-6(13)8(15)10(9(16)7(5)14)20-11(19)4-3-17-1-2-18-4/h7-12H,6H2,1-5H3,(H,22,24);7-9H,6,10H2,1-5H3,(H,16,17);1-3H. The average Bonchev–Trinajstić information content (AvgIpc) is 3.29. The van der Waals surface area contributed by atoms with E-state index in [4.69, 9.17) is 9.47 Å². The molecule has 0 fully saturated rings. The minimum atomic E-state index is -2.35. The van der Waals surface area contributed by atoms with E-state index in [2.05, 4.69) is 56.2 Å². The van der Waals surface area contributed by atoms with Gasteiger partial charge in [0.25, 0.3) is 17.7 Å². The topological polar surface area (TPSA) is 175 Å². The van der Waals surface area contributed by atoms with E-state index in [9.17, 15) is 41.1 Å². The predicted octanol–water partition coefficient (Wildman–Crippen LogP) is 8.06. The molecule has 2 heterocycles. The van der Waals surface area contributed by atoms with Crippen molar-refractivity contribution in [3.8, 4) is 17.2 Å². The fraction of sp³-hybridized carbons (Fsp3) is 0.333. The van der Waals surface area contributed by atoms with E-state index in [-0.39, 0.29) is 22.9 Å². The molecular weight excluding hydrogens is 846 g/mol. The third-order valence-electron chi connectivity index (χ3n) is 8.69. The first-order valence-corrected chi connectivity index (χ1v) is 19.6. The summed E-state index contributed by atoms with van der Waals surface area (Å²) in [7, 11) is 3.20. The summed E-state index contributed by atoms with van der Waals surface area (Å²) in [5, 5.41) is 4.25. The predicted molar refractivity (Wildman–Crippen MR) is 225 cm³/mol. The number of halogens is 5. The highest BCUT2D eigenvalue weighted by Crippen LogP contribution is 2.30. The number of carbonyl (C=O) groups is 4. The van der Waals surface area contributed by atoms with Crippen molar-refractivity contribution in [2.24, 2.45) is 5.41 Å². The number of ether oxygens (including phenoxy) is 3. The molecule has 5 rings (SSSR count). The van der Waals surface area contributed by atoms with E-state index in [1.807, 2.05) is 58.9 Å². The van der Waals surface area contributed by atoms with Crippen molar-refractivity contribution in [3.05, 3.63) is 136 Å². The van der Waals surface area contributed by atoms with Crippen LogP contribution in [0.25, 0.3) is 0 Å². The number of nitrogens with one attached hydrogen (secondary N) is 2. The lowest BCUT2D eigenvalue weighted by Crippen LogP contribution is -2.56. The molecule has 0 unspecified atom stereocenters. The lowest BCUT2D eigenvalue weighted by atomic mass is 9.96. The number of benzene rings is 3. The summed E-state index contributed by atoms with van der Waals surface area (Å²) in [4.78, 5) is 64.2. The van der Waals surface area contributed by atoms with E-state index >= 15 is 0 Å². The van der Waals surface area contributed by atoms with E-state index in [1.165, 1.54) is 29.8 Å². The minimum Gasteiger partial charge on any atom is -0.496 e. The van der Waals surface area contributed by atoms with Crippen molar-refractivity contribution < 1.29 is 55.3 Å². The zero-order valence-corrected chi connectivity index (χ0v) is 37.0. The largest absolute Gasteiger partial charge is 0.496 e. The fourth-order valence-electron chi connectivity index (χ4n) is 5.54. The van der Waals surface area contributed by atoms with Gasteiger partial charge in [0.1, 0.15) is 17.2 Å². The zero-order valence-electron chi connectivity index (χ0n) is 37.0. The quantitative estimate of drug-likeness (QED) is 0.0347. The maximum Gasteiger partial charge on any atom is 0.364 e. The van der Waals surface area contributed by atoms with E-state index in [0.29, 0.717) is 29.8 Å². The third-order valence-corrected chi connectivity index (χ3v) is 8.69. The van der Waals surface area contributed by atoms with Crippen molar-refractivity contribution in [2.75, 3.05) is 20.8 Å². The number of rotatable bonds is 10. The second kappa shape index (κ2) is 22.9. The van der Waals surface area contributed by atoms with Crippen molar-refractivity contribution in [1.29, 1.82) is 0 Å². The summed E-state index contributed by atoms with van der Waals surface area (Å²) < 4.78 is 79.8. The molecule has 2 N–H and O–H groups in total. The van der Waals surface area contributed by atoms with Gasteiger partial charge in [-0.1, -0.05) is 46.8 Å². The van der Waals surface area contributed by atoms with Crippen LogP contribution in [0, 0.1) is 34.5 Å². The minimum absolute atomic E-state index is 0.0272. The van der Waals surface area contributed by atoms with Gasteiger partial charge < -0.3 is 19.5 Å². The Hall–Kier alpha value is -7.05. The van der Waals surface area contributed by atoms with Gasteiger partial charge in [0.05, 0.1) is 32.2 Å². The SMILES string of the molecule is CCc1c(OC)cccc1C(=O)NCC(C)(C)C.CCc1c(OC)cccc1C(=O)NN(C(=O)c1cnccn1)C(C)(C)C.O=C(Oc1c(F)c(F)c(F)c(F)c1F)c1cnccn1. The van der Waals surface area contributed by atoms with Crippen LogP contribution in [0.4, 0.5) is 22.0 Å².